The van der Waals surface area contributed by atoms with E-state index < -0.39 is 72.6 Å². The minimum atomic E-state index is -1.45. The molecule has 0 radical (unpaired) electrons. The molecule has 0 aromatic carbocycles. The molecule has 0 aromatic rings. The van der Waals surface area contributed by atoms with Gasteiger partial charge in [-0.05, 0) is 13.3 Å². The van der Waals surface area contributed by atoms with Gasteiger partial charge in [-0.1, -0.05) is 6.92 Å². The van der Waals surface area contributed by atoms with Crippen LogP contribution in [0.3, 0.4) is 0 Å². The average Bonchev–Trinajstić information content (AvgIpc) is 2.61. The van der Waals surface area contributed by atoms with E-state index in [-0.39, 0.29) is 0 Å². The molecule has 11 nitrogen and oxygen atoms in total. The first-order valence-corrected chi connectivity index (χ1v) is 9.42. The summed E-state index contributed by atoms with van der Waals surface area (Å²) in [6.45, 7) is 6.99. The van der Waals surface area contributed by atoms with Crippen LogP contribution in [-0.2, 0) is 47.7 Å². The number of rotatable bonds is 10. The molecule has 30 heavy (non-hydrogen) atoms. The van der Waals surface area contributed by atoms with Gasteiger partial charge in [0.05, 0.1) is 6.04 Å². The SMILES string of the molecule is CCC1C(=O)N([C@H](C)[C@@H](OC(C)=O)[C@H](OC(C)=O)[C@H](COC(C)=O)OC(C)=O)C1=O. The number of β-lactam (4-membered cyclic amide) rings is 2. The smallest absolute Gasteiger partial charge is 0.303 e. The molecule has 168 valence electrons. The van der Waals surface area contributed by atoms with Gasteiger partial charge in [-0.25, -0.2) is 0 Å². The van der Waals surface area contributed by atoms with E-state index >= 15 is 0 Å². The van der Waals surface area contributed by atoms with E-state index in [4.69, 9.17) is 18.9 Å². The number of imide groups is 1. The summed E-state index contributed by atoms with van der Waals surface area (Å²) in [7, 11) is 0. The highest BCUT2D eigenvalue weighted by Crippen LogP contribution is 2.30. The largest absolute Gasteiger partial charge is 0.462 e. The number of esters is 4. The normalized spacial score (nSPS) is 17.9. The second kappa shape index (κ2) is 10.7. The van der Waals surface area contributed by atoms with Crippen LogP contribution in [0.4, 0.5) is 0 Å². The summed E-state index contributed by atoms with van der Waals surface area (Å²) in [5, 5.41) is 0. The minimum Gasteiger partial charge on any atom is -0.462 e. The zero-order valence-corrected chi connectivity index (χ0v) is 17.8. The number of hydrogen-bond donors (Lipinski definition) is 0. The molecule has 4 atom stereocenters. The van der Waals surface area contributed by atoms with Crippen molar-refractivity contribution < 1.29 is 47.7 Å². The van der Waals surface area contributed by atoms with Gasteiger partial charge >= 0.3 is 23.9 Å². The van der Waals surface area contributed by atoms with Crippen LogP contribution in [0.1, 0.15) is 48.0 Å². The topological polar surface area (TPSA) is 143 Å². The zero-order valence-electron chi connectivity index (χ0n) is 17.8. The van der Waals surface area contributed by atoms with Crippen molar-refractivity contribution in [2.75, 3.05) is 6.61 Å². The number of ether oxygens (including phenoxy) is 4. The zero-order chi connectivity index (χ0) is 23.2. The summed E-state index contributed by atoms with van der Waals surface area (Å²) in [5.74, 6) is -4.77. The predicted octanol–water partition coefficient (Wildman–Crippen LogP) is 0.128. The maximum Gasteiger partial charge on any atom is 0.303 e. The molecule has 0 saturated carbocycles. The number of amides is 2. The Hall–Kier alpha value is -2.98. The highest BCUT2D eigenvalue weighted by atomic mass is 16.6. The molecule has 1 aliphatic heterocycles. The van der Waals surface area contributed by atoms with E-state index in [2.05, 4.69) is 0 Å². The fourth-order valence-electron chi connectivity index (χ4n) is 3.17. The van der Waals surface area contributed by atoms with E-state index in [0.29, 0.717) is 6.42 Å². The molecule has 1 rings (SSSR count). The Bertz CT molecular complexity index is 702. The Morgan fingerprint density at radius 3 is 1.70 bits per heavy atom. The van der Waals surface area contributed by atoms with Crippen molar-refractivity contribution in [2.24, 2.45) is 5.92 Å². The van der Waals surface area contributed by atoms with Crippen molar-refractivity contribution in [1.82, 2.24) is 4.90 Å². The van der Waals surface area contributed by atoms with E-state index in [1.165, 1.54) is 6.92 Å². The summed E-state index contributed by atoms with van der Waals surface area (Å²) >= 11 is 0. The maximum absolute atomic E-state index is 12.3. The lowest BCUT2D eigenvalue weighted by molar-refractivity contribution is -0.199. The van der Waals surface area contributed by atoms with Gasteiger partial charge in [-0.3, -0.25) is 33.7 Å². The molecule has 1 aliphatic rings. The number of carbonyl (C=O) groups is 6. The van der Waals surface area contributed by atoms with Crippen molar-refractivity contribution in [1.29, 1.82) is 0 Å². The molecule has 1 heterocycles. The quantitative estimate of drug-likeness (QED) is 0.203. The van der Waals surface area contributed by atoms with Gasteiger partial charge in [0.2, 0.25) is 11.8 Å². The monoisotopic (exact) mass is 429 g/mol. The first-order chi connectivity index (χ1) is 13.9. The highest BCUT2D eigenvalue weighted by Gasteiger charge is 2.52. The van der Waals surface area contributed by atoms with E-state index in [9.17, 15) is 28.8 Å². The van der Waals surface area contributed by atoms with Crippen LogP contribution in [0.15, 0.2) is 0 Å². The number of nitrogens with zero attached hydrogens (tertiary/aromatic N) is 1. The van der Waals surface area contributed by atoms with Crippen molar-refractivity contribution in [3.8, 4) is 0 Å². The lowest BCUT2D eigenvalue weighted by Gasteiger charge is -2.44. The van der Waals surface area contributed by atoms with Crippen LogP contribution in [0.5, 0.6) is 0 Å². The average molecular weight is 429 g/mol. The van der Waals surface area contributed by atoms with Crippen LogP contribution in [0.25, 0.3) is 0 Å². The molecule has 0 N–H and O–H groups in total. The second-order valence-corrected chi connectivity index (χ2v) is 6.85. The molecule has 2 amide bonds. The third-order valence-electron chi connectivity index (χ3n) is 4.42. The molecule has 0 bridgehead atoms. The van der Waals surface area contributed by atoms with E-state index in [0.717, 1.165) is 32.6 Å². The highest BCUT2D eigenvalue weighted by molar-refractivity contribution is 6.17. The Labute approximate surface area is 173 Å². The van der Waals surface area contributed by atoms with Gasteiger partial charge in [0.15, 0.2) is 18.3 Å². The summed E-state index contributed by atoms with van der Waals surface area (Å²) in [5.41, 5.74) is 0. The first kappa shape index (κ1) is 25.1. The van der Waals surface area contributed by atoms with Gasteiger partial charge in [0.25, 0.3) is 0 Å². The Morgan fingerprint density at radius 1 is 0.833 bits per heavy atom. The van der Waals surface area contributed by atoms with Crippen LogP contribution in [0, 0.1) is 5.92 Å². The van der Waals surface area contributed by atoms with Crippen LogP contribution < -0.4 is 0 Å². The standard InChI is InChI=1S/C19H27NO10/c1-7-14-18(25)20(19(14)26)9(2)16(29-12(5)23)17(30-13(6)24)15(28-11(4)22)8-27-10(3)21/h9,14-17H,7-8H2,1-6H3/t9-,15+,16-,17-/m1/s1. The molecular weight excluding hydrogens is 402 g/mol. The Morgan fingerprint density at radius 2 is 1.30 bits per heavy atom. The van der Waals surface area contributed by atoms with Crippen molar-refractivity contribution in [3.63, 3.8) is 0 Å². The van der Waals surface area contributed by atoms with E-state index in [1.807, 2.05) is 0 Å². The molecule has 1 saturated heterocycles. The summed E-state index contributed by atoms with van der Waals surface area (Å²) in [6, 6.07) is -1.04. The molecular formula is C19H27NO10. The van der Waals surface area contributed by atoms with Crippen molar-refractivity contribution >= 4 is 35.7 Å². The van der Waals surface area contributed by atoms with Gasteiger partial charge in [-0.2, -0.15) is 0 Å². The molecule has 1 fully saturated rings. The Balaban J connectivity index is 3.31. The summed E-state index contributed by atoms with van der Waals surface area (Å²) in [4.78, 5) is 71.8. The van der Waals surface area contributed by atoms with E-state index in [1.54, 1.807) is 6.92 Å². The minimum absolute atomic E-state index is 0.315. The van der Waals surface area contributed by atoms with Gasteiger partial charge in [0, 0.05) is 27.7 Å². The molecule has 0 aromatic heterocycles. The number of carbonyl (C=O) groups excluding carboxylic acids is 6. The summed E-state index contributed by atoms with van der Waals surface area (Å²) < 4.78 is 20.5. The lowest BCUT2D eigenvalue weighted by Crippen LogP contribution is -2.66. The fraction of sp³-hybridized carbons (Fsp3) is 0.684. The maximum atomic E-state index is 12.3. The van der Waals surface area contributed by atoms with Crippen LogP contribution in [0.2, 0.25) is 0 Å². The molecule has 0 unspecified atom stereocenters. The first-order valence-electron chi connectivity index (χ1n) is 9.42. The molecule has 0 aliphatic carbocycles. The lowest BCUT2D eigenvalue weighted by atomic mass is 9.89. The Kier molecular flexibility index (Phi) is 8.94. The van der Waals surface area contributed by atoms with Crippen molar-refractivity contribution in [3.05, 3.63) is 0 Å². The molecule has 11 heteroatoms. The van der Waals surface area contributed by atoms with Crippen LogP contribution >= 0.6 is 0 Å². The van der Waals surface area contributed by atoms with Crippen LogP contribution in [-0.4, -0.2) is 71.6 Å². The number of likely N-dealkylation sites (tertiary alicyclic amines) is 1. The molecule has 0 spiro atoms. The fourth-order valence-corrected chi connectivity index (χ4v) is 3.17. The summed E-state index contributed by atoms with van der Waals surface area (Å²) in [6.07, 6.45) is -3.87. The predicted molar refractivity (Wildman–Crippen MR) is 98.4 cm³/mol. The third kappa shape index (κ3) is 6.26. The van der Waals surface area contributed by atoms with Gasteiger partial charge in [0.1, 0.15) is 12.5 Å². The van der Waals surface area contributed by atoms with Crippen molar-refractivity contribution in [2.45, 2.75) is 72.3 Å². The second-order valence-electron chi connectivity index (χ2n) is 6.85. The third-order valence-corrected chi connectivity index (χ3v) is 4.42. The number of hydrogen-bond acceptors (Lipinski definition) is 10. The van der Waals surface area contributed by atoms with Gasteiger partial charge in [-0.15, -0.1) is 0 Å². The van der Waals surface area contributed by atoms with Gasteiger partial charge < -0.3 is 18.9 Å².